The molecule has 0 spiro atoms. The minimum atomic E-state index is -0.347. The molecule has 1 aliphatic heterocycles. The highest BCUT2D eigenvalue weighted by Crippen LogP contribution is 2.23. The largest absolute Gasteiger partial charge is 0.484 e. The number of halogens is 1. The van der Waals surface area contributed by atoms with Crippen LogP contribution in [-0.4, -0.2) is 55.6 Å². The molecule has 4 rings (SSSR count). The number of hydrogen-bond donors (Lipinski definition) is 0. The first kappa shape index (κ1) is 18.1. The van der Waals surface area contributed by atoms with E-state index in [0.717, 1.165) is 6.42 Å². The molecule has 1 aliphatic rings. The third kappa shape index (κ3) is 3.85. The summed E-state index contributed by atoms with van der Waals surface area (Å²) < 4.78 is 25.2. The Morgan fingerprint density at radius 3 is 2.93 bits per heavy atom. The van der Waals surface area contributed by atoms with Gasteiger partial charge in [-0.3, -0.25) is 4.79 Å². The van der Waals surface area contributed by atoms with Crippen LogP contribution in [0.5, 0.6) is 5.75 Å². The molecule has 1 unspecified atom stereocenters. The number of nitrogens with zero attached hydrogens (tertiary/aromatic N) is 6. The summed E-state index contributed by atoms with van der Waals surface area (Å²) in [5, 5.41) is 12.1. The molecule has 3 aromatic rings. The topological polar surface area (TPSA) is 99.2 Å². The van der Waals surface area contributed by atoms with Crippen molar-refractivity contribution in [3.8, 4) is 17.3 Å². The first-order valence-corrected chi connectivity index (χ1v) is 9.03. The lowest BCUT2D eigenvalue weighted by Gasteiger charge is -2.16. The van der Waals surface area contributed by atoms with E-state index in [4.69, 9.17) is 9.26 Å². The number of likely N-dealkylation sites (tertiary alicyclic amines) is 1. The van der Waals surface area contributed by atoms with Crippen LogP contribution in [0.3, 0.4) is 0 Å². The van der Waals surface area contributed by atoms with Crippen LogP contribution in [-0.2, 0) is 11.2 Å². The van der Waals surface area contributed by atoms with E-state index < -0.39 is 0 Å². The van der Waals surface area contributed by atoms with Crippen molar-refractivity contribution >= 4 is 5.91 Å². The van der Waals surface area contributed by atoms with Gasteiger partial charge in [0.05, 0.1) is 12.2 Å². The van der Waals surface area contributed by atoms with Crippen molar-refractivity contribution in [1.82, 2.24) is 30.0 Å². The molecule has 0 bridgehead atoms. The van der Waals surface area contributed by atoms with Gasteiger partial charge in [0.2, 0.25) is 0 Å². The molecule has 9 nitrogen and oxygen atoms in total. The molecule has 10 heteroatoms. The highest BCUT2D eigenvalue weighted by Gasteiger charge is 2.29. The summed E-state index contributed by atoms with van der Waals surface area (Å²) >= 11 is 0. The van der Waals surface area contributed by atoms with E-state index in [2.05, 4.69) is 20.5 Å². The normalized spacial score (nSPS) is 16.5. The predicted molar refractivity (Wildman–Crippen MR) is 94.8 cm³/mol. The van der Waals surface area contributed by atoms with Crippen molar-refractivity contribution < 1.29 is 18.4 Å². The lowest BCUT2D eigenvalue weighted by molar-refractivity contribution is -0.132. The first-order valence-electron chi connectivity index (χ1n) is 9.03. The maximum Gasteiger partial charge on any atom is 0.280 e. The van der Waals surface area contributed by atoms with Crippen molar-refractivity contribution in [2.45, 2.75) is 25.8 Å². The van der Waals surface area contributed by atoms with Gasteiger partial charge in [0, 0.05) is 19.5 Å². The van der Waals surface area contributed by atoms with Gasteiger partial charge in [0.1, 0.15) is 11.6 Å². The molecule has 0 aliphatic carbocycles. The number of benzene rings is 1. The summed E-state index contributed by atoms with van der Waals surface area (Å²) in [5.74, 6) is 0.929. The summed E-state index contributed by atoms with van der Waals surface area (Å²) in [4.78, 5) is 18.3. The molecule has 3 heterocycles. The highest BCUT2D eigenvalue weighted by molar-refractivity contribution is 5.78. The quantitative estimate of drug-likeness (QED) is 0.638. The van der Waals surface area contributed by atoms with E-state index in [1.54, 1.807) is 15.8 Å². The van der Waals surface area contributed by atoms with Crippen LogP contribution in [0.1, 0.15) is 25.2 Å². The highest BCUT2D eigenvalue weighted by atomic mass is 19.1. The third-order valence-electron chi connectivity index (χ3n) is 4.58. The minimum Gasteiger partial charge on any atom is -0.484 e. The Morgan fingerprint density at radius 1 is 1.36 bits per heavy atom. The lowest BCUT2D eigenvalue weighted by atomic mass is 10.3. The second-order valence-electron chi connectivity index (χ2n) is 6.48. The van der Waals surface area contributed by atoms with Gasteiger partial charge in [0.25, 0.3) is 11.8 Å². The van der Waals surface area contributed by atoms with Crippen LogP contribution in [0.25, 0.3) is 11.6 Å². The fourth-order valence-corrected chi connectivity index (χ4v) is 3.01. The molecule has 1 fully saturated rings. The van der Waals surface area contributed by atoms with Crippen LogP contribution >= 0.6 is 0 Å². The van der Waals surface area contributed by atoms with Gasteiger partial charge in [-0.25, -0.2) is 9.07 Å². The van der Waals surface area contributed by atoms with Gasteiger partial charge in [-0.1, -0.05) is 17.3 Å². The zero-order valence-corrected chi connectivity index (χ0v) is 15.3. The molecule has 1 amide bonds. The van der Waals surface area contributed by atoms with Gasteiger partial charge < -0.3 is 14.2 Å². The van der Waals surface area contributed by atoms with Gasteiger partial charge in [-0.15, -0.1) is 5.10 Å². The zero-order chi connectivity index (χ0) is 19.5. The molecular weight excluding hydrogens is 367 g/mol. The van der Waals surface area contributed by atoms with Gasteiger partial charge in [0.15, 0.2) is 18.1 Å². The van der Waals surface area contributed by atoms with Gasteiger partial charge >= 0.3 is 0 Å². The minimum absolute atomic E-state index is 0.0181. The van der Waals surface area contributed by atoms with Crippen LogP contribution < -0.4 is 4.74 Å². The van der Waals surface area contributed by atoms with E-state index in [-0.39, 0.29) is 24.4 Å². The van der Waals surface area contributed by atoms with Crippen molar-refractivity contribution in [2.24, 2.45) is 0 Å². The fraction of sp³-hybridized carbons (Fsp3) is 0.389. The summed E-state index contributed by atoms with van der Waals surface area (Å²) in [6.07, 6.45) is 3.19. The van der Waals surface area contributed by atoms with E-state index >= 15 is 0 Å². The predicted octanol–water partition coefficient (Wildman–Crippen LogP) is 1.88. The summed E-state index contributed by atoms with van der Waals surface area (Å²) in [6.45, 7) is 2.96. The van der Waals surface area contributed by atoms with E-state index in [1.165, 1.54) is 24.3 Å². The zero-order valence-electron chi connectivity index (χ0n) is 15.3. The molecular formula is C18H19FN6O3. The van der Waals surface area contributed by atoms with E-state index in [1.807, 2.05) is 6.92 Å². The first-order chi connectivity index (χ1) is 13.6. The molecule has 28 heavy (non-hydrogen) atoms. The summed E-state index contributed by atoms with van der Waals surface area (Å²) in [5.41, 5.74) is 0.511. The van der Waals surface area contributed by atoms with Crippen molar-refractivity contribution in [3.05, 3.63) is 42.1 Å². The number of ether oxygens (including phenoxy) is 1. The van der Waals surface area contributed by atoms with E-state index in [0.29, 0.717) is 42.7 Å². The van der Waals surface area contributed by atoms with Crippen molar-refractivity contribution in [1.29, 1.82) is 0 Å². The maximum absolute atomic E-state index is 12.9. The smallest absolute Gasteiger partial charge is 0.280 e. The maximum atomic E-state index is 12.9. The van der Waals surface area contributed by atoms with Crippen LogP contribution in [0.15, 0.2) is 35.0 Å². The monoisotopic (exact) mass is 386 g/mol. The van der Waals surface area contributed by atoms with Crippen molar-refractivity contribution in [2.75, 3.05) is 19.7 Å². The number of aryl methyl sites for hydroxylation is 1. The number of carbonyl (C=O) groups is 1. The van der Waals surface area contributed by atoms with Crippen LogP contribution in [0.2, 0.25) is 0 Å². The van der Waals surface area contributed by atoms with Crippen LogP contribution in [0, 0.1) is 5.82 Å². The number of hydrogen-bond acceptors (Lipinski definition) is 7. The molecule has 1 aromatic carbocycles. The summed E-state index contributed by atoms with van der Waals surface area (Å²) in [7, 11) is 0. The molecule has 146 valence electrons. The molecule has 1 saturated heterocycles. The fourth-order valence-electron chi connectivity index (χ4n) is 3.01. The molecule has 0 radical (unpaired) electrons. The second kappa shape index (κ2) is 7.75. The van der Waals surface area contributed by atoms with Crippen molar-refractivity contribution in [3.63, 3.8) is 0 Å². The van der Waals surface area contributed by atoms with Gasteiger partial charge in [-0.05, 0) is 30.7 Å². The average molecular weight is 386 g/mol. The molecule has 0 N–H and O–H groups in total. The second-order valence-corrected chi connectivity index (χ2v) is 6.48. The Kier molecular flexibility index (Phi) is 5.00. The number of amides is 1. The SMILES string of the molecule is CCc1noc(-c2cn(C3CCN(C(=O)COc4ccc(F)cc4)C3)nn2)n1. The Hall–Kier alpha value is -3.30. The Labute approximate surface area is 160 Å². The molecule has 0 saturated carbocycles. The number of carbonyl (C=O) groups excluding carboxylic acids is 1. The number of aromatic nitrogens is 5. The Balaban J connectivity index is 1.33. The lowest BCUT2D eigenvalue weighted by Crippen LogP contribution is -2.33. The van der Waals surface area contributed by atoms with Gasteiger partial charge in [-0.2, -0.15) is 4.98 Å². The standard InChI is InChI=1S/C18H19FN6O3/c1-2-16-20-18(28-22-16)15-10-25(23-21-15)13-7-8-24(9-13)17(26)11-27-14-5-3-12(19)4-6-14/h3-6,10,13H,2,7-9,11H2,1H3. The van der Waals surface area contributed by atoms with Crippen LogP contribution in [0.4, 0.5) is 4.39 Å². The number of rotatable bonds is 6. The molecule has 1 atom stereocenters. The Morgan fingerprint density at radius 2 is 2.18 bits per heavy atom. The third-order valence-corrected chi connectivity index (χ3v) is 4.58. The summed E-state index contributed by atoms with van der Waals surface area (Å²) in [6, 6.07) is 5.59. The van der Waals surface area contributed by atoms with E-state index in [9.17, 15) is 9.18 Å². The average Bonchev–Trinajstić information content (AvgIpc) is 3.46. The Bertz CT molecular complexity index is 954. The molecule has 2 aromatic heterocycles.